The molecule has 0 atom stereocenters. The minimum atomic E-state index is 0.116. The molecule has 0 unspecified atom stereocenters. The molecule has 2 rings (SSSR count). The van der Waals surface area contributed by atoms with Gasteiger partial charge in [-0.1, -0.05) is 18.2 Å². The maximum atomic E-state index is 8.96. The van der Waals surface area contributed by atoms with Gasteiger partial charge in [-0.15, -0.1) is 6.58 Å². The summed E-state index contributed by atoms with van der Waals surface area (Å²) in [6.45, 7) is 4.81. The molecule has 0 spiro atoms. The van der Waals surface area contributed by atoms with Crippen LogP contribution in [0.1, 0.15) is 18.4 Å². The summed E-state index contributed by atoms with van der Waals surface area (Å²) in [5.74, 6) is 0. The molecule has 0 heterocycles. The lowest BCUT2D eigenvalue weighted by atomic mass is 10.2. The third kappa shape index (κ3) is 2.39. The van der Waals surface area contributed by atoms with Gasteiger partial charge >= 0.3 is 0 Å². The molecule has 0 bridgehead atoms. The van der Waals surface area contributed by atoms with Gasteiger partial charge in [0.2, 0.25) is 0 Å². The van der Waals surface area contributed by atoms with Crippen molar-refractivity contribution in [2.75, 3.05) is 11.4 Å². The monoisotopic (exact) mass is 203 g/mol. The highest BCUT2D eigenvalue weighted by Gasteiger charge is 2.28. The van der Waals surface area contributed by atoms with Crippen molar-refractivity contribution in [3.63, 3.8) is 0 Å². The van der Waals surface area contributed by atoms with Gasteiger partial charge in [0, 0.05) is 18.3 Å². The number of benzene rings is 1. The molecule has 1 aliphatic rings. The number of aliphatic hydroxyl groups excluding tert-OH is 1. The van der Waals surface area contributed by atoms with E-state index in [2.05, 4.69) is 23.6 Å². The van der Waals surface area contributed by atoms with Crippen molar-refractivity contribution in [3.8, 4) is 0 Å². The van der Waals surface area contributed by atoms with E-state index >= 15 is 0 Å². The normalized spacial score (nSPS) is 15.0. The van der Waals surface area contributed by atoms with Crippen LogP contribution in [0.5, 0.6) is 0 Å². The molecular formula is C13H17NO. The van der Waals surface area contributed by atoms with Gasteiger partial charge in [-0.3, -0.25) is 0 Å². The highest BCUT2D eigenvalue weighted by molar-refractivity contribution is 5.50. The molecule has 1 saturated carbocycles. The zero-order chi connectivity index (χ0) is 10.7. The lowest BCUT2D eigenvalue weighted by Crippen LogP contribution is -2.25. The Morgan fingerprint density at radius 3 is 2.47 bits per heavy atom. The Morgan fingerprint density at radius 1 is 1.33 bits per heavy atom. The fourth-order valence-electron chi connectivity index (χ4n) is 1.78. The van der Waals surface area contributed by atoms with Gasteiger partial charge in [0.05, 0.1) is 6.61 Å². The van der Waals surface area contributed by atoms with Crippen LogP contribution in [0, 0.1) is 0 Å². The number of anilines is 1. The van der Waals surface area contributed by atoms with Crippen LogP contribution >= 0.6 is 0 Å². The zero-order valence-electron chi connectivity index (χ0n) is 8.89. The van der Waals surface area contributed by atoms with Gasteiger partial charge in [0.15, 0.2) is 0 Å². The summed E-state index contributed by atoms with van der Waals surface area (Å²) >= 11 is 0. The number of hydrogen-bond acceptors (Lipinski definition) is 2. The van der Waals surface area contributed by atoms with E-state index in [0.717, 1.165) is 12.1 Å². The summed E-state index contributed by atoms with van der Waals surface area (Å²) in [5.41, 5.74) is 2.20. The van der Waals surface area contributed by atoms with Crippen LogP contribution in [0.15, 0.2) is 36.9 Å². The molecule has 0 aliphatic heterocycles. The van der Waals surface area contributed by atoms with Crippen LogP contribution in [0.3, 0.4) is 0 Å². The average Bonchev–Trinajstić information content (AvgIpc) is 3.10. The maximum absolute atomic E-state index is 8.96. The minimum Gasteiger partial charge on any atom is -0.392 e. The van der Waals surface area contributed by atoms with E-state index in [0.29, 0.717) is 6.04 Å². The molecule has 1 fully saturated rings. The van der Waals surface area contributed by atoms with Crippen molar-refractivity contribution in [1.29, 1.82) is 0 Å². The summed E-state index contributed by atoms with van der Waals surface area (Å²) in [4.78, 5) is 2.37. The fraction of sp³-hybridized carbons (Fsp3) is 0.385. The van der Waals surface area contributed by atoms with Crippen LogP contribution in [-0.4, -0.2) is 17.7 Å². The highest BCUT2D eigenvalue weighted by atomic mass is 16.3. The van der Waals surface area contributed by atoms with E-state index < -0.39 is 0 Å². The second-order valence-electron chi connectivity index (χ2n) is 4.00. The Hall–Kier alpha value is -1.28. The molecule has 0 saturated heterocycles. The number of nitrogens with zero attached hydrogens (tertiary/aromatic N) is 1. The lowest BCUT2D eigenvalue weighted by Gasteiger charge is -2.23. The van der Waals surface area contributed by atoms with Gasteiger partial charge in [-0.2, -0.15) is 0 Å². The summed E-state index contributed by atoms with van der Waals surface area (Å²) in [6, 6.07) is 8.81. The molecule has 2 nitrogen and oxygen atoms in total. The summed E-state index contributed by atoms with van der Waals surface area (Å²) in [6.07, 6.45) is 4.52. The molecule has 2 heteroatoms. The Labute approximate surface area is 90.8 Å². The van der Waals surface area contributed by atoms with Crippen LogP contribution in [0.2, 0.25) is 0 Å². The Kier molecular flexibility index (Phi) is 3.07. The van der Waals surface area contributed by atoms with Crippen LogP contribution < -0.4 is 4.90 Å². The molecule has 1 aromatic rings. The third-order valence-electron chi connectivity index (χ3n) is 2.76. The first kappa shape index (κ1) is 10.2. The molecule has 0 amide bonds. The number of aliphatic hydroxyl groups is 1. The van der Waals surface area contributed by atoms with Crippen LogP contribution in [0.25, 0.3) is 0 Å². The molecule has 80 valence electrons. The van der Waals surface area contributed by atoms with Crippen molar-refractivity contribution >= 4 is 5.69 Å². The first-order valence-electron chi connectivity index (χ1n) is 5.42. The van der Waals surface area contributed by atoms with Gasteiger partial charge < -0.3 is 10.0 Å². The number of rotatable bonds is 5. The second-order valence-corrected chi connectivity index (χ2v) is 4.00. The average molecular weight is 203 g/mol. The van der Waals surface area contributed by atoms with Crippen molar-refractivity contribution in [2.45, 2.75) is 25.5 Å². The van der Waals surface area contributed by atoms with Gasteiger partial charge in [-0.05, 0) is 30.5 Å². The highest BCUT2D eigenvalue weighted by Crippen LogP contribution is 2.31. The van der Waals surface area contributed by atoms with Gasteiger partial charge in [-0.25, -0.2) is 0 Å². The predicted octanol–water partition coefficient (Wildman–Crippen LogP) is 2.33. The standard InChI is InChI=1S/C13H17NO/c1-2-9-14(13-7-8-13)12-5-3-11(10-15)4-6-12/h2-6,13,15H,1,7-10H2. The van der Waals surface area contributed by atoms with Gasteiger partial charge in [0.25, 0.3) is 0 Å². The summed E-state index contributed by atoms with van der Waals surface area (Å²) in [7, 11) is 0. The summed E-state index contributed by atoms with van der Waals surface area (Å²) < 4.78 is 0. The minimum absolute atomic E-state index is 0.116. The van der Waals surface area contributed by atoms with Gasteiger partial charge in [0.1, 0.15) is 0 Å². The molecule has 1 aromatic carbocycles. The first-order valence-corrected chi connectivity index (χ1v) is 5.42. The quantitative estimate of drug-likeness (QED) is 0.742. The Morgan fingerprint density at radius 2 is 2.00 bits per heavy atom. The summed E-state index contributed by atoms with van der Waals surface area (Å²) in [5, 5.41) is 8.96. The Balaban J connectivity index is 2.14. The van der Waals surface area contributed by atoms with Crippen molar-refractivity contribution in [2.24, 2.45) is 0 Å². The largest absolute Gasteiger partial charge is 0.392 e. The molecule has 1 aliphatic carbocycles. The van der Waals surface area contributed by atoms with Crippen molar-refractivity contribution in [1.82, 2.24) is 0 Å². The van der Waals surface area contributed by atoms with Crippen molar-refractivity contribution in [3.05, 3.63) is 42.5 Å². The smallest absolute Gasteiger partial charge is 0.0681 e. The molecular weight excluding hydrogens is 186 g/mol. The second kappa shape index (κ2) is 4.49. The molecule has 0 radical (unpaired) electrons. The first-order chi connectivity index (χ1) is 7.35. The van der Waals surface area contributed by atoms with E-state index in [-0.39, 0.29) is 6.61 Å². The van der Waals surface area contributed by atoms with E-state index in [1.165, 1.54) is 18.5 Å². The fourth-order valence-corrected chi connectivity index (χ4v) is 1.78. The maximum Gasteiger partial charge on any atom is 0.0681 e. The van der Waals surface area contributed by atoms with E-state index in [4.69, 9.17) is 5.11 Å². The molecule has 15 heavy (non-hydrogen) atoms. The lowest BCUT2D eigenvalue weighted by molar-refractivity contribution is 0.282. The van der Waals surface area contributed by atoms with E-state index in [9.17, 15) is 0 Å². The van der Waals surface area contributed by atoms with E-state index in [1.54, 1.807) is 0 Å². The van der Waals surface area contributed by atoms with Crippen LogP contribution in [-0.2, 0) is 6.61 Å². The predicted molar refractivity (Wildman–Crippen MR) is 62.9 cm³/mol. The Bertz CT molecular complexity index is 327. The third-order valence-corrected chi connectivity index (χ3v) is 2.76. The SMILES string of the molecule is C=CCN(c1ccc(CO)cc1)C1CC1. The zero-order valence-corrected chi connectivity index (χ0v) is 8.89. The van der Waals surface area contributed by atoms with Crippen molar-refractivity contribution < 1.29 is 5.11 Å². The van der Waals surface area contributed by atoms with Crippen LogP contribution in [0.4, 0.5) is 5.69 Å². The number of hydrogen-bond donors (Lipinski definition) is 1. The topological polar surface area (TPSA) is 23.5 Å². The molecule has 1 N–H and O–H groups in total. The molecule has 0 aromatic heterocycles. The van der Waals surface area contributed by atoms with E-state index in [1.807, 2.05) is 18.2 Å².